The highest BCUT2D eigenvalue weighted by molar-refractivity contribution is 7.25. The van der Waals surface area contributed by atoms with Crippen LogP contribution in [0.2, 0.25) is 0 Å². The summed E-state index contributed by atoms with van der Waals surface area (Å²) in [4.78, 5) is 2.41. The smallest absolute Gasteiger partial charge is 0.160 e. The third-order valence-electron chi connectivity index (χ3n) is 9.44. The molecule has 0 spiro atoms. The van der Waals surface area contributed by atoms with Crippen LogP contribution in [0.1, 0.15) is 0 Å². The van der Waals surface area contributed by atoms with Crippen LogP contribution in [0.5, 0.6) is 0 Å². The molecule has 2 heterocycles. The molecule has 3 heteroatoms. The Kier molecular flexibility index (Phi) is 5.78. The molecule has 47 heavy (non-hydrogen) atoms. The summed E-state index contributed by atoms with van der Waals surface area (Å²) in [6.07, 6.45) is 0. The maximum Gasteiger partial charge on any atom is 0.160 e. The lowest BCUT2D eigenvalue weighted by molar-refractivity contribution is 0.669. The molecule has 220 valence electrons. The predicted octanol–water partition coefficient (Wildman–Crippen LogP) is 13.4. The topological polar surface area (TPSA) is 16.4 Å². The molecule has 0 amide bonds. The van der Waals surface area contributed by atoms with E-state index >= 15 is 0 Å². The summed E-state index contributed by atoms with van der Waals surface area (Å²) in [7, 11) is 0. The lowest BCUT2D eigenvalue weighted by Gasteiger charge is -2.28. The van der Waals surface area contributed by atoms with Crippen molar-refractivity contribution in [3.63, 3.8) is 0 Å². The fourth-order valence-electron chi connectivity index (χ4n) is 7.33. The third kappa shape index (κ3) is 4.04. The van der Waals surface area contributed by atoms with E-state index in [1.807, 2.05) is 11.3 Å². The Balaban J connectivity index is 1.33. The molecule has 0 fully saturated rings. The molecule has 2 aromatic heterocycles. The van der Waals surface area contributed by atoms with Crippen LogP contribution in [0.3, 0.4) is 0 Å². The summed E-state index contributed by atoms with van der Waals surface area (Å²) in [6.45, 7) is 0. The van der Waals surface area contributed by atoms with E-state index in [9.17, 15) is 0 Å². The summed E-state index contributed by atoms with van der Waals surface area (Å²) < 4.78 is 9.43. The zero-order valence-electron chi connectivity index (χ0n) is 25.4. The van der Waals surface area contributed by atoms with Gasteiger partial charge in [-0.1, -0.05) is 127 Å². The van der Waals surface area contributed by atoms with E-state index < -0.39 is 0 Å². The quantitative estimate of drug-likeness (QED) is 0.183. The number of thiophene rings is 1. The average molecular weight is 618 g/mol. The first-order chi connectivity index (χ1) is 23.3. The first kappa shape index (κ1) is 26.3. The van der Waals surface area contributed by atoms with Crippen molar-refractivity contribution >= 4 is 92.1 Å². The van der Waals surface area contributed by atoms with Gasteiger partial charge in [0.05, 0.1) is 11.4 Å². The molecule has 0 unspecified atom stereocenters. The second-order valence-corrected chi connectivity index (χ2v) is 13.2. The molecule has 0 radical (unpaired) electrons. The average Bonchev–Trinajstić information content (AvgIpc) is 3.71. The molecule has 0 aliphatic heterocycles. The number of nitrogens with zero attached hydrogens (tertiary/aromatic N) is 1. The molecule has 0 aliphatic carbocycles. The predicted molar refractivity (Wildman–Crippen MR) is 202 cm³/mol. The lowest BCUT2D eigenvalue weighted by atomic mass is 9.96. The van der Waals surface area contributed by atoms with Crippen molar-refractivity contribution in [3.8, 4) is 11.1 Å². The van der Waals surface area contributed by atoms with E-state index in [2.05, 4.69) is 169 Å². The fraction of sp³-hybridized carbons (Fsp3) is 0. The standard InChI is InChI=1S/C44H27NOS/c1-2-12-28(13-3-1)32-24-25-38(44-43(32)37-19-8-10-20-40(37)46-44)45(30-22-23-36-35-18-9-11-21-41(35)47-42(36)27-30)39-26-29-14-4-5-15-31(29)33-16-6-7-17-34(33)39/h1-27H. The van der Waals surface area contributed by atoms with Crippen LogP contribution in [0.15, 0.2) is 168 Å². The van der Waals surface area contributed by atoms with Crippen molar-refractivity contribution in [1.82, 2.24) is 0 Å². The van der Waals surface area contributed by atoms with Crippen molar-refractivity contribution in [1.29, 1.82) is 0 Å². The maximum absolute atomic E-state index is 6.87. The normalized spacial score (nSPS) is 11.8. The molecule has 0 saturated carbocycles. The summed E-state index contributed by atoms with van der Waals surface area (Å²) >= 11 is 1.85. The van der Waals surface area contributed by atoms with Gasteiger partial charge in [0.15, 0.2) is 5.58 Å². The minimum absolute atomic E-state index is 0.876. The van der Waals surface area contributed by atoms with Crippen LogP contribution < -0.4 is 4.90 Å². The molecule has 0 N–H and O–H groups in total. The number of fused-ring (bicyclic) bond motifs is 9. The van der Waals surface area contributed by atoms with Crippen LogP contribution in [0.25, 0.3) is 74.8 Å². The van der Waals surface area contributed by atoms with Crippen molar-refractivity contribution in [3.05, 3.63) is 164 Å². The minimum Gasteiger partial charge on any atom is -0.454 e. The summed E-state index contributed by atoms with van der Waals surface area (Å²) in [6, 6.07) is 58.9. The number of hydrogen-bond acceptors (Lipinski definition) is 3. The number of rotatable bonds is 4. The fourth-order valence-corrected chi connectivity index (χ4v) is 8.47. The third-order valence-corrected chi connectivity index (χ3v) is 10.6. The Labute approximate surface area is 275 Å². The number of para-hydroxylation sites is 1. The Bertz CT molecular complexity index is 2810. The van der Waals surface area contributed by atoms with Gasteiger partial charge >= 0.3 is 0 Å². The highest BCUT2D eigenvalue weighted by Gasteiger charge is 2.24. The van der Waals surface area contributed by atoms with E-state index in [4.69, 9.17) is 4.42 Å². The number of anilines is 3. The maximum atomic E-state index is 6.87. The van der Waals surface area contributed by atoms with E-state index in [0.717, 1.165) is 44.6 Å². The van der Waals surface area contributed by atoms with Gasteiger partial charge in [-0.05, 0) is 63.7 Å². The second kappa shape index (κ2) is 10.3. The van der Waals surface area contributed by atoms with Gasteiger partial charge in [-0.15, -0.1) is 11.3 Å². The first-order valence-corrected chi connectivity index (χ1v) is 16.7. The largest absolute Gasteiger partial charge is 0.454 e. The van der Waals surface area contributed by atoms with Gasteiger partial charge in [-0.2, -0.15) is 0 Å². The minimum atomic E-state index is 0.876. The summed E-state index contributed by atoms with van der Waals surface area (Å²) in [5, 5.41) is 9.71. The van der Waals surface area contributed by atoms with Crippen molar-refractivity contribution < 1.29 is 4.42 Å². The Hall–Kier alpha value is -5.90. The van der Waals surface area contributed by atoms with Gasteiger partial charge in [0, 0.05) is 42.0 Å². The molecule has 0 bridgehead atoms. The van der Waals surface area contributed by atoms with E-state index in [1.165, 1.54) is 47.3 Å². The van der Waals surface area contributed by atoms with Crippen molar-refractivity contribution in [2.45, 2.75) is 0 Å². The molecular weight excluding hydrogens is 591 g/mol. The molecule has 8 aromatic carbocycles. The number of hydrogen-bond donors (Lipinski definition) is 0. The zero-order valence-corrected chi connectivity index (χ0v) is 26.2. The summed E-state index contributed by atoms with van der Waals surface area (Å²) in [5.41, 5.74) is 7.32. The lowest BCUT2D eigenvalue weighted by Crippen LogP contribution is -2.11. The molecule has 2 nitrogen and oxygen atoms in total. The monoisotopic (exact) mass is 617 g/mol. The van der Waals surface area contributed by atoms with Gasteiger partial charge in [0.25, 0.3) is 0 Å². The van der Waals surface area contributed by atoms with Crippen LogP contribution in [0.4, 0.5) is 17.1 Å². The molecular formula is C44H27NOS. The number of furan rings is 1. The number of benzene rings is 8. The van der Waals surface area contributed by atoms with Gasteiger partial charge in [0.2, 0.25) is 0 Å². The van der Waals surface area contributed by atoms with Gasteiger partial charge in [-0.3, -0.25) is 0 Å². The van der Waals surface area contributed by atoms with Crippen molar-refractivity contribution in [2.24, 2.45) is 0 Å². The zero-order chi connectivity index (χ0) is 30.9. The van der Waals surface area contributed by atoms with Crippen LogP contribution in [-0.4, -0.2) is 0 Å². The molecule has 0 atom stereocenters. The van der Waals surface area contributed by atoms with Crippen molar-refractivity contribution in [2.75, 3.05) is 4.90 Å². The first-order valence-electron chi connectivity index (χ1n) is 15.9. The Morgan fingerprint density at radius 1 is 0.447 bits per heavy atom. The highest BCUT2D eigenvalue weighted by atomic mass is 32.1. The Morgan fingerprint density at radius 3 is 2.00 bits per heavy atom. The van der Waals surface area contributed by atoms with Gasteiger partial charge < -0.3 is 9.32 Å². The van der Waals surface area contributed by atoms with Gasteiger partial charge in [-0.25, -0.2) is 0 Å². The highest BCUT2D eigenvalue weighted by Crippen LogP contribution is 2.49. The van der Waals surface area contributed by atoms with Crippen LogP contribution >= 0.6 is 11.3 Å². The molecule has 0 saturated heterocycles. The van der Waals surface area contributed by atoms with E-state index in [0.29, 0.717) is 0 Å². The van der Waals surface area contributed by atoms with Gasteiger partial charge in [0.1, 0.15) is 5.58 Å². The van der Waals surface area contributed by atoms with Crippen LogP contribution in [-0.2, 0) is 0 Å². The van der Waals surface area contributed by atoms with Crippen LogP contribution in [0, 0.1) is 0 Å². The summed E-state index contributed by atoms with van der Waals surface area (Å²) in [5.74, 6) is 0. The van der Waals surface area contributed by atoms with E-state index in [-0.39, 0.29) is 0 Å². The SMILES string of the molecule is c1ccc(-c2ccc(N(c3ccc4c(c3)sc3ccccc34)c3cc4ccccc4c4ccccc34)c3oc4ccccc4c23)cc1. The van der Waals surface area contributed by atoms with E-state index in [1.54, 1.807) is 0 Å². The molecule has 10 rings (SSSR count). The molecule has 0 aliphatic rings. The second-order valence-electron chi connectivity index (χ2n) is 12.1. The Morgan fingerprint density at radius 2 is 1.13 bits per heavy atom. The molecule has 10 aromatic rings.